The number of nitroso groups, excluding NO2 is 1. The van der Waals surface area contributed by atoms with Gasteiger partial charge in [0, 0.05) is 59.4 Å². The molecule has 0 amide bonds. The fraction of sp³-hybridized carbons (Fsp3) is 0.667. The van der Waals surface area contributed by atoms with Crippen molar-refractivity contribution >= 4 is 21.4 Å². The SMILES string of the molecule is CN1CCN(C2CCN(c3ccc(N=O)cc3S(=O)(=O)N(C)C)CC2)CC1. The first kappa shape index (κ1) is 20.2. The van der Waals surface area contributed by atoms with Crippen molar-refractivity contribution in [1.82, 2.24) is 14.1 Å². The van der Waals surface area contributed by atoms with E-state index in [1.54, 1.807) is 12.1 Å². The summed E-state index contributed by atoms with van der Waals surface area (Å²) in [6.07, 6.45) is 2.03. The van der Waals surface area contributed by atoms with Gasteiger partial charge in [0.2, 0.25) is 10.0 Å². The van der Waals surface area contributed by atoms with Crippen molar-refractivity contribution in [1.29, 1.82) is 0 Å². The standard InChI is InChI=1S/C18H29N5O3S/c1-20(2)27(25,26)18-14-15(19-24)4-5-17(18)23-8-6-16(7-9-23)22-12-10-21(3)11-13-22/h4-5,14,16H,6-13H2,1-3H3. The monoisotopic (exact) mass is 395 g/mol. The van der Waals surface area contributed by atoms with Crippen LogP contribution in [-0.2, 0) is 10.0 Å². The van der Waals surface area contributed by atoms with Crippen LogP contribution in [0.4, 0.5) is 11.4 Å². The van der Waals surface area contributed by atoms with Gasteiger partial charge in [-0.05, 0) is 43.3 Å². The van der Waals surface area contributed by atoms with Crippen molar-refractivity contribution in [3.8, 4) is 0 Å². The number of anilines is 1. The van der Waals surface area contributed by atoms with Gasteiger partial charge >= 0.3 is 0 Å². The van der Waals surface area contributed by atoms with Crippen LogP contribution < -0.4 is 4.90 Å². The Morgan fingerprint density at radius 2 is 1.67 bits per heavy atom. The number of hydrogen-bond donors (Lipinski definition) is 0. The zero-order valence-electron chi connectivity index (χ0n) is 16.3. The highest BCUT2D eigenvalue weighted by molar-refractivity contribution is 7.89. The number of piperazine rings is 1. The van der Waals surface area contributed by atoms with Crippen molar-refractivity contribution in [2.45, 2.75) is 23.8 Å². The van der Waals surface area contributed by atoms with E-state index in [1.165, 1.54) is 24.5 Å². The highest BCUT2D eigenvalue weighted by atomic mass is 32.2. The molecule has 2 heterocycles. The summed E-state index contributed by atoms with van der Waals surface area (Å²) in [6, 6.07) is 5.23. The van der Waals surface area contributed by atoms with Gasteiger partial charge in [0.1, 0.15) is 10.6 Å². The van der Waals surface area contributed by atoms with Gasteiger partial charge in [-0.3, -0.25) is 4.90 Å². The predicted octanol–water partition coefficient (Wildman–Crippen LogP) is 1.55. The molecule has 2 aliphatic heterocycles. The molecule has 0 bridgehead atoms. The third-order valence-corrected chi connectivity index (χ3v) is 7.51. The summed E-state index contributed by atoms with van der Waals surface area (Å²) in [6.45, 7) is 6.01. The molecule has 0 N–H and O–H groups in total. The van der Waals surface area contributed by atoms with Crippen LogP contribution in [-0.4, -0.2) is 89.0 Å². The Morgan fingerprint density at radius 3 is 2.22 bits per heavy atom. The summed E-state index contributed by atoms with van der Waals surface area (Å²) in [4.78, 5) is 18.1. The molecular formula is C18H29N5O3S. The lowest BCUT2D eigenvalue weighted by molar-refractivity contribution is 0.0981. The first-order chi connectivity index (χ1) is 12.8. The van der Waals surface area contributed by atoms with Crippen molar-refractivity contribution in [2.75, 3.05) is 65.3 Å². The Morgan fingerprint density at radius 1 is 1.04 bits per heavy atom. The van der Waals surface area contributed by atoms with E-state index in [0.29, 0.717) is 11.7 Å². The number of rotatable bonds is 5. The average molecular weight is 396 g/mol. The molecular weight excluding hydrogens is 366 g/mol. The molecule has 150 valence electrons. The minimum absolute atomic E-state index is 0.131. The molecule has 1 aromatic carbocycles. The normalized spacial score (nSPS) is 21.0. The molecule has 0 aliphatic carbocycles. The van der Waals surface area contributed by atoms with Crippen molar-refractivity contribution in [3.63, 3.8) is 0 Å². The van der Waals surface area contributed by atoms with E-state index in [-0.39, 0.29) is 10.6 Å². The van der Waals surface area contributed by atoms with Crippen LogP contribution in [0.1, 0.15) is 12.8 Å². The van der Waals surface area contributed by atoms with Crippen LogP contribution in [0, 0.1) is 4.91 Å². The van der Waals surface area contributed by atoms with Gasteiger partial charge in [-0.15, -0.1) is 4.91 Å². The zero-order valence-corrected chi connectivity index (χ0v) is 17.2. The fourth-order valence-corrected chi connectivity index (χ4v) is 5.01. The highest BCUT2D eigenvalue weighted by Crippen LogP contribution is 2.33. The maximum atomic E-state index is 12.7. The Bertz CT molecular complexity index is 767. The van der Waals surface area contributed by atoms with Crippen LogP contribution in [0.5, 0.6) is 0 Å². The quantitative estimate of drug-likeness (QED) is 0.704. The Hall–Kier alpha value is -1.55. The van der Waals surface area contributed by atoms with E-state index in [2.05, 4.69) is 26.9 Å². The van der Waals surface area contributed by atoms with Gasteiger partial charge in [0.15, 0.2) is 0 Å². The predicted molar refractivity (Wildman–Crippen MR) is 107 cm³/mol. The average Bonchev–Trinajstić information content (AvgIpc) is 2.68. The molecule has 0 saturated carbocycles. The molecule has 27 heavy (non-hydrogen) atoms. The van der Waals surface area contributed by atoms with Crippen LogP contribution >= 0.6 is 0 Å². The molecule has 2 fully saturated rings. The summed E-state index contributed by atoms with van der Waals surface area (Å²) in [7, 11) is 1.50. The molecule has 0 aromatic heterocycles. The molecule has 0 spiro atoms. The van der Waals surface area contributed by atoms with Crippen LogP contribution in [0.2, 0.25) is 0 Å². The summed E-state index contributed by atoms with van der Waals surface area (Å²) < 4.78 is 26.7. The van der Waals surface area contributed by atoms with Crippen LogP contribution in [0.3, 0.4) is 0 Å². The second-order valence-corrected chi connectivity index (χ2v) is 9.71. The first-order valence-corrected chi connectivity index (χ1v) is 10.8. The minimum atomic E-state index is -3.65. The third kappa shape index (κ3) is 4.31. The van der Waals surface area contributed by atoms with E-state index in [1.807, 2.05) is 0 Å². The second kappa shape index (κ2) is 8.22. The molecule has 0 unspecified atom stereocenters. The van der Waals surface area contributed by atoms with E-state index in [9.17, 15) is 13.3 Å². The molecule has 2 saturated heterocycles. The lowest BCUT2D eigenvalue weighted by atomic mass is 10.0. The third-order valence-electron chi connectivity index (χ3n) is 5.67. The smallest absolute Gasteiger partial charge is 0.244 e. The van der Waals surface area contributed by atoms with Gasteiger partial charge in [-0.1, -0.05) is 0 Å². The molecule has 0 radical (unpaired) electrons. The Balaban J connectivity index is 1.77. The van der Waals surface area contributed by atoms with Gasteiger partial charge < -0.3 is 9.80 Å². The fourth-order valence-electron chi connectivity index (χ4n) is 3.88. The van der Waals surface area contributed by atoms with Crippen molar-refractivity contribution < 1.29 is 8.42 Å². The first-order valence-electron chi connectivity index (χ1n) is 9.40. The van der Waals surface area contributed by atoms with E-state index in [4.69, 9.17) is 0 Å². The second-order valence-electron chi connectivity index (χ2n) is 7.59. The number of benzene rings is 1. The summed E-state index contributed by atoms with van der Waals surface area (Å²) >= 11 is 0. The number of hydrogen-bond acceptors (Lipinski definition) is 7. The maximum absolute atomic E-state index is 12.7. The summed E-state index contributed by atoms with van der Waals surface area (Å²) in [5, 5.41) is 2.91. The number of sulfonamides is 1. The van der Waals surface area contributed by atoms with E-state index < -0.39 is 10.0 Å². The lowest BCUT2D eigenvalue weighted by Crippen LogP contribution is -2.52. The van der Waals surface area contributed by atoms with Gasteiger partial charge in [0.05, 0.1) is 5.69 Å². The van der Waals surface area contributed by atoms with E-state index in [0.717, 1.165) is 52.1 Å². The highest BCUT2D eigenvalue weighted by Gasteiger charge is 2.30. The zero-order chi connectivity index (χ0) is 19.6. The maximum Gasteiger partial charge on any atom is 0.244 e. The summed E-state index contributed by atoms with van der Waals surface area (Å²) in [5.41, 5.74) is 0.791. The van der Waals surface area contributed by atoms with Gasteiger partial charge in [0.25, 0.3) is 0 Å². The molecule has 9 heteroatoms. The van der Waals surface area contributed by atoms with E-state index >= 15 is 0 Å². The Labute approximate surface area is 161 Å². The number of nitrogens with zero attached hydrogens (tertiary/aromatic N) is 5. The minimum Gasteiger partial charge on any atom is -0.370 e. The van der Waals surface area contributed by atoms with Gasteiger partial charge in [-0.2, -0.15) is 0 Å². The molecule has 3 rings (SSSR count). The van der Waals surface area contributed by atoms with Crippen molar-refractivity contribution in [3.05, 3.63) is 23.1 Å². The lowest BCUT2D eigenvalue weighted by Gasteiger charge is -2.43. The molecule has 2 aliphatic rings. The molecule has 8 nitrogen and oxygen atoms in total. The van der Waals surface area contributed by atoms with Crippen molar-refractivity contribution in [2.24, 2.45) is 5.18 Å². The Kier molecular flexibility index (Phi) is 6.15. The molecule has 1 aromatic rings. The van der Waals surface area contributed by atoms with Crippen LogP contribution in [0.25, 0.3) is 0 Å². The summed E-state index contributed by atoms with van der Waals surface area (Å²) in [5.74, 6) is 0. The number of likely N-dealkylation sites (N-methyl/N-ethyl adjacent to an activating group) is 1. The van der Waals surface area contributed by atoms with Crippen LogP contribution in [0.15, 0.2) is 28.3 Å². The molecule has 0 atom stereocenters. The topological polar surface area (TPSA) is 76.5 Å². The largest absolute Gasteiger partial charge is 0.370 e. The number of piperidine rings is 1. The van der Waals surface area contributed by atoms with Gasteiger partial charge in [-0.25, -0.2) is 12.7 Å².